The van der Waals surface area contributed by atoms with Crippen molar-refractivity contribution in [2.75, 3.05) is 0 Å². The molecule has 3 aromatic heterocycles. The maximum Gasteiger partial charge on any atom is 0.134 e. The van der Waals surface area contributed by atoms with Gasteiger partial charge in [-0.3, -0.25) is 0 Å². The lowest BCUT2D eigenvalue weighted by Crippen LogP contribution is -2.12. The number of furan rings is 1. The minimum Gasteiger partial charge on any atom is -0.461 e. The van der Waals surface area contributed by atoms with Gasteiger partial charge < -0.3 is 4.42 Å². The Kier molecular flexibility index (Phi) is 4.69. The largest absolute Gasteiger partial charge is 0.461 e. The maximum absolute atomic E-state index is 6.17. The van der Waals surface area contributed by atoms with Crippen LogP contribution in [0.25, 0.3) is 54.3 Å². The number of pyridine rings is 1. The number of rotatable bonds is 2. The van der Waals surface area contributed by atoms with E-state index in [1.165, 1.54) is 38.4 Å². The summed E-state index contributed by atoms with van der Waals surface area (Å²) in [4.78, 5) is 6.23. The first kappa shape index (κ1) is 21.1. The van der Waals surface area contributed by atoms with Gasteiger partial charge in [0.2, 0.25) is 0 Å². The number of aryl methyl sites for hydroxylation is 2. The Bertz CT molecular complexity index is 1710. The molecule has 3 heteroatoms. The molecule has 6 rings (SSSR count). The number of aromatic nitrogens is 1. The van der Waals surface area contributed by atoms with Crippen LogP contribution in [0, 0.1) is 13.8 Å². The molecule has 2 nitrogen and oxygen atoms in total. The van der Waals surface area contributed by atoms with Crippen molar-refractivity contribution in [2.45, 2.75) is 40.0 Å². The van der Waals surface area contributed by atoms with Crippen LogP contribution in [0.4, 0.5) is 0 Å². The van der Waals surface area contributed by atoms with E-state index in [1.807, 2.05) is 12.1 Å². The Balaban J connectivity index is 1.68. The molecule has 0 aliphatic rings. The minimum atomic E-state index is 0.0272. The summed E-state index contributed by atoms with van der Waals surface area (Å²) < 4.78 is 6.17. The van der Waals surface area contributed by atoms with Gasteiger partial charge in [0.1, 0.15) is 16.2 Å². The molecule has 0 aliphatic heterocycles. The van der Waals surface area contributed by atoms with E-state index in [4.69, 9.17) is 9.40 Å². The van der Waals surface area contributed by atoms with Gasteiger partial charge >= 0.3 is 0 Å². The van der Waals surface area contributed by atoms with Crippen molar-refractivity contribution in [1.29, 1.82) is 0 Å². The highest BCUT2D eigenvalue weighted by atomic mass is 32.1. The normalized spacial score (nSPS) is 12.3. The fourth-order valence-corrected chi connectivity index (χ4v) is 6.06. The van der Waals surface area contributed by atoms with Gasteiger partial charge in [-0.15, -0.1) is 11.3 Å². The fraction of sp³-hybridized carbons (Fsp3) is 0.194. The third-order valence-electron chi connectivity index (χ3n) is 6.73. The Morgan fingerprint density at radius 2 is 1.59 bits per heavy atom. The first-order valence-corrected chi connectivity index (χ1v) is 12.6. The monoisotopic (exact) mass is 461 g/mol. The van der Waals surface area contributed by atoms with E-state index < -0.39 is 0 Å². The Morgan fingerprint density at radius 3 is 2.38 bits per heavy atom. The number of hydrogen-bond donors (Lipinski definition) is 0. The molecule has 0 bridgehead atoms. The summed E-state index contributed by atoms with van der Waals surface area (Å²) in [6, 6.07) is 23.9. The summed E-state index contributed by atoms with van der Waals surface area (Å²) in [5.41, 5.74) is 8.08. The number of para-hydroxylation sites is 1. The highest BCUT2D eigenvalue weighted by molar-refractivity contribution is 7.17. The van der Waals surface area contributed by atoms with Gasteiger partial charge in [-0.1, -0.05) is 63.2 Å². The first-order valence-electron chi connectivity index (χ1n) is 11.7. The summed E-state index contributed by atoms with van der Waals surface area (Å²) >= 11 is 1.72. The third-order valence-corrected chi connectivity index (χ3v) is 7.72. The van der Waals surface area contributed by atoms with Crippen LogP contribution < -0.4 is 0 Å². The second kappa shape index (κ2) is 7.54. The fourth-order valence-electron chi connectivity index (χ4n) is 5.12. The van der Waals surface area contributed by atoms with Gasteiger partial charge in [-0.2, -0.15) is 0 Å². The molecule has 168 valence electrons. The Labute approximate surface area is 203 Å². The Morgan fingerprint density at radius 1 is 0.853 bits per heavy atom. The highest BCUT2D eigenvalue weighted by Gasteiger charge is 2.22. The van der Waals surface area contributed by atoms with Crippen molar-refractivity contribution >= 4 is 43.3 Å². The van der Waals surface area contributed by atoms with Crippen molar-refractivity contribution in [3.8, 4) is 22.4 Å². The standard InChI is InChI=1S/C31H27NOS/c1-18-17-34-30-28(18)24(29-19(2)33-27-13-9-8-12-23(27)29)16-26(32-30)21-14-20-10-6-7-11-22(20)25(15-21)31(3,4)5/h6-17H,1-5H3. The van der Waals surface area contributed by atoms with Crippen molar-refractivity contribution in [1.82, 2.24) is 4.98 Å². The van der Waals surface area contributed by atoms with Crippen LogP contribution in [0.1, 0.15) is 37.7 Å². The van der Waals surface area contributed by atoms with Crippen LogP contribution in [0.3, 0.4) is 0 Å². The summed E-state index contributed by atoms with van der Waals surface area (Å²) in [5, 5.41) is 7.14. The van der Waals surface area contributed by atoms with Crippen LogP contribution in [-0.2, 0) is 5.41 Å². The summed E-state index contributed by atoms with van der Waals surface area (Å²) in [7, 11) is 0. The molecule has 0 saturated carbocycles. The molecular weight excluding hydrogens is 434 g/mol. The number of fused-ring (bicyclic) bond motifs is 3. The summed E-state index contributed by atoms with van der Waals surface area (Å²) in [6.07, 6.45) is 0. The molecule has 0 N–H and O–H groups in total. The van der Waals surface area contributed by atoms with Crippen LogP contribution in [0.5, 0.6) is 0 Å². The van der Waals surface area contributed by atoms with Crippen molar-refractivity contribution in [3.63, 3.8) is 0 Å². The molecule has 0 saturated heterocycles. The molecule has 3 aromatic carbocycles. The number of thiophene rings is 1. The molecule has 6 aromatic rings. The zero-order chi connectivity index (χ0) is 23.6. The quantitative estimate of drug-likeness (QED) is 0.257. The van der Waals surface area contributed by atoms with Crippen molar-refractivity contribution in [2.24, 2.45) is 0 Å². The van der Waals surface area contributed by atoms with Crippen LogP contribution in [-0.4, -0.2) is 4.98 Å². The lowest BCUT2D eigenvalue weighted by molar-refractivity contribution is 0.580. The molecule has 0 atom stereocenters. The molecular formula is C31H27NOS. The average Bonchev–Trinajstić information content (AvgIpc) is 3.36. The van der Waals surface area contributed by atoms with Crippen LogP contribution in [0.2, 0.25) is 0 Å². The van der Waals surface area contributed by atoms with Gasteiger partial charge in [-0.25, -0.2) is 4.98 Å². The van der Waals surface area contributed by atoms with Crippen LogP contribution >= 0.6 is 11.3 Å². The molecule has 34 heavy (non-hydrogen) atoms. The lowest BCUT2D eigenvalue weighted by atomic mass is 9.82. The van der Waals surface area contributed by atoms with Gasteiger partial charge in [0.15, 0.2) is 0 Å². The van der Waals surface area contributed by atoms with Gasteiger partial charge in [0, 0.05) is 21.9 Å². The summed E-state index contributed by atoms with van der Waals surface area (Å²) in [5.74, 6) is 0.944. The van der Waals surface area contributed by atoms with Crippen molar-refractivity contribution in [3.05, 3.63) is 89.0 Å². The first-order chi connectivity index (χ1) is 16.3. The van der Waals surface area contributed by atoms with Gasteiger partial charge in [0.25, 0.3) is 0 Å². The third kappa shape index (κ3) is 3.26. The molecule has 0 amide bonds. The number of hydrogen-bond acceptors (Lipinski definition) is 3. The molecule has 0 unspecified atom stereocenters. The van der Waals surface area contributed by atoms with Crippen molar-refractivity contribution < 1.29 is 4.42 Å². The van der Waals surface area contributed by atoms with Gasteiger partial charge in [-0.05, 0) is 76.4 Å². The average molecular weight is 462 g/mol. The number of nitrogens with zero attached hydrogens (tertiary/aromatic N) is 1. The molecule has 0 fully saturated rings. The predicted molar refractivity (Wildman–Crippen MR) is 146 cm³/mol. The second-order valence-electron chi connectivity index (χ2n) is 10.2. The van der Waals surface area contributed by atoms with E-state index in [0.29, 0.717) is 0 Å². The number of benzene rings is 3. The molecule has 0 spiro atoms. The lowest BCUT2D eigenvalue weighted by Gasteiger charge is -2.23. The highest BCUT2D eigenvalue weighted by Crippen LogP contribution is 2.43. The zero-order valence-corrected chi connectivity index (χ0v) is 21.0. The van der Waals surface area contributed by atoms with E-state index in [9.17, 15) is 0 Å². The molecule has 3 heterocycles. The molecule has 0 radical (unpaired) electrons. The SMILES string of the molecule is Cc1oc2ccccc2c1-c1cc(-c2cc(C(C)(C)C)c3ccccc3c2)nc2scc(C)c12. The van der Waals surface area contributed by atoms with Crippen LogP contribution in [0.15, 0.2) is 76.5 Å². The van der Waals surface area contributed by atoms with E-state index in [0.717, 1.165) is 32.8 Å². The minimum absolute atomic E-state index is 0.0272. The van der Waals surface area contributed by atoms with E-state index in [-0.39, 0.29) is 5.41 Å². The topological polar surface area (TPSA) is 26.0 Å². The zero-order valence-electron chi connectivity index (χ0n) is 20.2. The van der Waals surface area contributed by atoms with E-state index >= 15 is 0 Å². The Hall–Kier alpha value is -3.43. The summed E-state index contributed by atoms with van der Waals surface area (Å²) in [6.45, 7) is 11.1. The molecule has 0 aliphatic carbocycles. The van der Waals surface area contributed by atoms with E-state index in [1.54, 1.807) is 11.3 Å². The van der Waals surface area contributed by atoms with E-state index in [2.05, 4.69) is 94.6 Å². The smallest absolute Gasteiger partial charge is 0.134 e. The maximum atomic E-state index is 6.17. The predicted octanol–water partition coefficient (Wildman–Crippen LogP) is 9.44. The van der Waals surface area contributed by atoms with Gasteiger partial charge in [0.05, 0.1) is 5.69 Å². The second-order valence-corrected chi connectivity index (χ2v) is 11.0.